The smallest absolute Gasteiger partial charge is 0.336 e. The number of carbonyl (C=O) groups is 1. The summed E-state index contributed by atoms with van der Waals surface area (Å²) in [6, 6.07) is 5.27. The molecule has 0 amide bonds. The molecule has 0 radical (unpaired) electrons. The summed E-state index contributed by atoms with van der Waals surface area (Å²) >= 11 is 0. The lowest BCUT2D eigenvalue weighted by atomic mass is 10.0. The predicted octanol–water partition coefficient (Wildman–Crippen LogP) is 2.70. The van der Waals surface area contributed by atoms with Crippen molar-refractivity contribution in [2.45, 2.75) is 20.8 Å². The normalized spacial score (nSPS) is 10.5. The van der Waals surface area contributed by atoms with Crippen LogP contribution in [0, 0.1) is 20.8 Å². The number of aromatic nitrogens is 2. The molecule has 1 aromatic carbocycles. The fourth-order valence-electron chi connectivity index (χ4n) is 1.91. The Balaban J connectivity index is 2.69. The number of carboxylic acid groups (broad SMARTS) is 1. The molecular weight excluding hydrogens is 216 g/mol. The Morgan fingerprint density at radius 2 is 2.00 bits per heavy atom. The van der Waals surface area contributed by atoms with Crippen molar-refractivity contribution >= 4 is 5.97 Å². The second-order valence-electron chi connectivity index (χ2n) is 4.15. The standard InChI is InChI=1S/C13H14N2O2/c1-7-4-5-10(13(16)17)11(6-7)12-8(2)14-9(3)15-12/h4-6H,1-3H3,(H,14,15)(H,16,17). The number of nitrogens with zero attached hydrogens (tertiary/aromatic N) is 1. The number of hydrogen-bond donors (Lipinski definition) is 2. The summed E-state index contributed by atoms with van der Waals surface area (Å²) in [5.74, 6) is -0.143. The van der Waals surface area contributed by atoms with Crippen LogP contribution in [-0.4, -0.2) is 21.0 Å². The maximum atomic E-state index is 11.2. The van der Waals surface area contributed by atoms with E-state index in [0.717, 1.165) is 17.1 Å². The Hall–Kier alpha value is -2.10. The van der Waals surface area contributed by atoms with Gasteiger partial charge in [-0.15, -0.1) is 0 Å². The van der Waals surface area contributed by atoms with Gasteiger partial charge in [-0.1, -0.05) is 11.6 Å². The van der Waals surface area contributed by atoms with Crippen LogP contribution in [0.25, 0.3) is 11.3 Å². The summed E-state index contributed by atoms with van der Waals surface area (Å²) in [5.41, 5.74) is 3.56. The van der Waals surface area contributed by atoms with Crippen LogP contribution in [0.4, 0.5) is 0 Å². The highest BCUT2D eigenvalue weighted by atomic mass is 16.4. The van der Waals surface area contributed by atoms with E-state index in [9.17, 15) is 9.90 Å². The van der Waals surface area contributed by atoms with E-state index >= 15 is 0 Å². The summed E-state index contributed by atoms with van der Waals surface area (Å²) in [6.45, 7) is 5.68. The second-order valence-corrected chi connectivity index (χ2v) is 4.15. The van der Waals surface area contributed by atoms with Gasteiger partial charge in [0, 0.05) is 11.3 Å². The number of hydrogen-bond acceptors (Lipinski definition) is 2. The third-order valence-corrected chi connectivity index (χ3v) is 2.66. The van der Waals surface area contributed by atoms with Gasteiger partial charge in [-0.2, -0.15) is 0 Å². The molecule has 0 unspecified atom stereocenters. The molecular formula is C13H14N2O2. The minimum Gasteiger partial charge on any atom is -0.478 e. The number of carboxylic acids is 1. The van der Waals surface area contributed by atoms with Crippen LogP contribution in [-0.2, 0) is 0 Å². The van der Waals surface area contributed by atoms with E-state index in [4.69, 9.17) is 0 Å². The maximum absolute atomic E-state index is 11.2. The van der Waals surface area contributed by atoms with Gasteiger partial charge >= 0.3 is 5.97 Å². The molecule has 0 bridgehead atoms. The second kappa shape index (κ2) is 4.05. The highest BCUT2D eigenvalue weighted by Crippen LogP contribution is 2.26. The summed E-state index contributed by atoms with van der Waals surface area (Å²) in [7, 11) is 0. The van der Waals surface area contributed by atoms with Crippen LogP contribution < -0.4 is 0 Å². The molecule has 17 heavy (non-hydrogen) atoms. The van der Waals surface area contributed by atoms with Crippen LogP contribution in [0.2, 0.25) is 0 Å². The summed E-state index contributed by atoms with van der Waals surface area (Å²) in [4.78, 5) is 18.6. The number of H-pyrrole nitrogens is 1. The van der Waals surface area contributed by atoms with Crippen LogP contribution in [0.15, 0.2) is 18.2 Å². The first-order valence-corrected chi connectivity index (χ1v) is 5.36. The van der Waals surface area contributed by atoms with E-state index < -0.39 is 5.97 Å². The molecule has 0 aliphatic rings. The number of nitrogens with one attached hydrogen (secondary N) is 1. The van der Waals surface area contributed by atoms with Gasteiger partial charge in [0.15, 0.2) is 0 Å². The van der Waals surface area contributed by atoms with Gasteiger partial charge in [0.1, 0.15) is 5.82 Å². The quantitative estimate of drug-likeness (QED) is 0.833. The first-order valence-electron chi connectivity index (χ1n) is 5.36. The molecule has 1 heterocycles. The molecule has 4 nitrogen and oxygen atoms in total. The molecule has 2 N–H and O–H groups in total. The molecule has 0 spiro atoms. The molecule has 0 atom stereocenters. The van der Waals surface area contributed by atoms with E-state index in [1.165, 1.54) is 0 Å². The molecule has 1 aromatic heterocycles. The SMILES string of the molecule is Cc1ccc(C(=O)O)c(-c2nc(C)[nH]c2C)c1. The van der Waals surface area contributed by atoms with Crippen molar-refractivity contribution in [2.75, 3.05) is 0 Å². The molecule has 2 aromatic rings. The number of aromatic amines is 1. The van der Waals surface area contributed by atoms with Gasteiger partial charge in [-0.25, -0.2) is 9.78 Å². The molecule has 0 aliphatic carbocycles. The lowest BCUT2D eigenvalue weighted by Crippen LogP contribution is -2.00. The Morgan fingerprint density at radius 1 is 1.29 bits per heavy atom. The van der Waals surface area contributed by atoms with E-state index in [0.29, 0.717) is 11.3 Å². The van der Waals surface area contributed by atoms with E-state index in [2.05, 4.69) is 9.97 Å². The minimum atomic E-state index is -0.931. The lowest BCUT2D eigenvalue weighted by Gasteiger charge is -2.05. The van der Waals surface area contributed by atoms with Crippen LogP contribution in [0.3, 0.4) is 0 Å². The molecule has 0 fully saturated rings. The number of aryl methyl sites for hydroxylation is 3. The average Bonchev–Trinajstić information content (AvgIpc) is 2.57. The zero-order valence-corrected chi connectivity index (χ0v) is 10.0. The summed E-state index contributed by atoms with van der Waals surface area (Å²) < 4.78 is 0. The molecule has 88 valence electrons. The van der Waals surface area contributed by atoms with Gasteiger partial charge in [0.2, 0.25) is 0 Å². The molecule has 0 saturated heterocycles. The summed E-state index contributed by atoms with van der Waals surface area (Å²) in [5, 5.41) is 9.18. The number of imidazole rings is 1. The number of aromatic carboxylic acids is 1. The third kappa shape index (κ3) is 2.06. The fraction of sp³-hybridized carbons (Fsp3) is 0.231. The molecule has 0 saturated carbocycles. The zero-order valence-electron chi connectivity index (χ0n) is 10.0. The lowest BCUT2D eigenvalue weighted by molar-refractivity contribution is 0.0697. The topological polar surface area (TPSA) is 66.0 Å². The van der Waals surface area contributed by atoms with E-state index in [1.54, 1.807) is 12.1 Å². The minimum absolute atomic E-state index is 0.283. The largest absolute Gasteiger partial charge is 0.478 e. The van der Waals surface area contributed by atoms with Crippen molar-refractivity contribution in [3.63, 3.8) is 0 Å². The van der Waals surface area contributed by atoms with Gasteiger partial charge in [0.25, 0.3) is 0 Å². The van der Waals surface area contributed by atoms with Crippen LogP contribution >= 0.6 is 0 Å². The fourth-order valence-corrected chi connectivity index (χ4v) is 1.91. The first-order chi connectivity index (χ1) is 7.99. The summed E-state index contributed by atoms with van der Waals surface area (Å²) in [6.07, 6.45) is 0. The Bertz CT molecular complexity index is 585. The zero-order chi connectivity index (χ0) is 12.6. The van der Waals surface area contributed by atoms with Gasteiger partial charge in [0.05, 0.1) is 11.3 Å². The van der Waals surface area contributed by atoms with Crippen molar-refractivity contribution in [3.05, 3.63) is 40.8 Å². The monoisotopic (exact) mass is 230 g/mol. The van der Waals surface area contributed by atoms with E-state index in [1.807, 2.05) is 26.8 Å². The Kier molecular flexibility index (Phi) is 2.71. The number of benzene rings is 1. The van der Waals surface area contributed by atoms with Crippen LogP contribution in [0.5, 0.6) is 0 Å². The predicted molar refractivity (Wildman–Crippen MR) is 65.2 cm³/mol. The van der Waals surface area contributed by atoms with Gasteiger partial charge < -0.3 is 10.1 Å². The average molecular weight is 230 g/mol. The maximum Gasteiger partial charge on any atom is 0.336 e. The molecule has 4 heteroatoms. The van der Waals surface area contributed by atoms with Gasteiger partial charge in [-0.3, -0.25) is 0 Å². The number of rotatable bonds is 2. The highest BCUT2D eigenvalue weighted by molar-refractivity contribution is 5.95. The third-order valence-electron chi connectivity index (χ3n) is 2.66. The van der Waals surface area contributed by atoms with E-state index in [-0.39, 0.29) is 5.56 Å². The molecule has 2 rings (SSSR count). The highest BCUT2D eigenvalue weighted by Gasteiger charge is 2.15. The Morgan fingerprint density at radius 3 is 2.53 bits per heavy atom. The van der Waals surface area contributed by atoms with Crippen molar-refractivity contribution in [3.8, 4) is 11.3 Å². The van der Waals surface area contributed by atoms with Crippen molar-refractivity contribution in [1.29, 1.82) is 0 Å². The van der Waals surface area contributed by atoms with Crippen molar-refractivity contribution in [2.24, 2.45) is 0 Å². The molecule has 0 aliphatic heterocycles. The first kappa shape index (κ1) is 11.4. The van der Waals surface area contributed by atoms with Crippen molar-refractivity contribution in [1.82, 2.24) is 9.97 Å². The van der Waals surface area contributed by atoms with Crippen LogP contribution in [0.1, 0.15) is 27.4 Å². The van der Waals surface area contributed by atoms with Crippen molar-refractivity contribution < 1.29 is 9.90 Å². The van der Waals surface area contributed by atoms with Gasteiger partial charge in [-0.05, 0) is 32.9 Å². The Labute approximate surface area is 99.3 Å².